The van der Waals surface area contributed by atoms with E-state index in [0.29, 0.717) is 0 Å². The maximum absolute atomic E-state index is 12.7. The quantitative estimate of drug-likeness (QED) is 0.662. The molecule has 5 nitrogen and oxygen atoms in total. The van der Waals surface area contributed by atoms with Crippen LogP contribution in [0.5, 0.6) is 5.88 Å². The summed E-state index contributed by atoms with van der Waals surface area (Å²) in [6, 6.07) is 4.27. The van der Waals surface area contributed by atoms with Gasteiger partial charge in [0.25, 0.3) is 0 Å². The molecule has 0 aliphatic rings. The second-order valence-corrected chi connectivity index (χ2v) is 4.58. The van der Waals surface area contributed by atoms with E-state index in [9.17, 15) is 9.18 Å². The summed E-state index contributed by atoms with van der Waals surface area (Å²) in [7, 11) is 0. The van der Waals surface area contributed by atoms with Crippen molar-refractivity contribution < 1.29 is 18.7 Å². The fourth-order valence-corrected chi connectivity index (χ4v) is 1.09. The molecular formula is C12H17FN2O3. The predicted molar refractivity (Wildman–Crippen MR) is 63.9 cm³/mol. The van der Waals surface area contributed by atoms with Gasteiger partial charge in [-0.1, -0.05) is 6.07 Å². The molecule has 1 aromatic rings. The Balaban J connectivity index is 2.21. The van der Waals surface area contributed by atoms with E-state index < -0.39 is 17.6 Å². The Morgan fingerprint density at radius 2 is 2.17 bits per heavy atom. The molecule has 1 heterocycles. The fourth-order valence-electron chi connectivity index (χ4n) is 1.09. The lowest BCUT2D eigenvalue weighted by Crippen LogP contribution is -2.34. The van der Waals surface area contributed by atoms with Gasteiger partial charge < -0.3 is 14.8 Å². The van der Waals surface area contributed by atoms with Gasteiger partial charge >= 0.3 is 6.09 Å². The summed E-state index contributed by atoms with van der Waals surface area (Å²) in [4.78, 5) is 14.8. The summed E-state index contributed by atoms with van der Waals surface area (Å²) in [5.41, 5.74) is -0.533. The van der Waals surface area contributed by atoms with Crippen molar-refractivity contribution in [2.45, 2.75) is 26.4 Å². The van der Waals surface area contributed by atoms with Crippen LogP contribution in [0.2, 0.25) is 0 Å². The maximum Gasteiger partial charge on any atom is 0.407 e. The van der Waals surface area contributed by atoms with Gasteiger partial charge in [-0.25, -0.2) is 4.79 Å². The molecule has 0 saturated carbocycles. The van der Waals surface area contributed by atoms with Crippen LogP contribution in [-0.2, 0) is 4.74 Å². The van der Waals surface area contributed by atoms with E-state index in [2.05, 4.69) is 10.3 Å². The minimum atomic E-state index is -0.604. The monoisotopic (exact) mass is 256 g/mol. The van der Waals surface area contributed by atoms with E-state index in [1.165, 1.54) is 18.2 Å². The van der Waals surface area contributed by atoms with E-state index in [-0.39, 0.29) is 19.0 Å². The number of alkyl carbamates (subject to hydrolysis) is 1. The van der Waals surface area contributed by atoms with Crippen molar-refractivity contribution in [1.29, 1.82) is 0 Å². The molecule has 1 amide bonds. The molecule has 100 valence electrons. The van der Waals surface area contributed by atoms with Gasteiger partial charge in [0.2, 0.25) is 11.8 Å². The highest BCUT2D eigenvalue weighted by atomic mass is 19.1. The molecule has 1 N–H and O–H groups in total. The summed E-state index contributed by atoms with van der Waals surface area (Å²) in [5, 5.41) is 2.52. The van der Waals surface area contributed by atoms with Crippen LogP contribution in [0.4, 0.5) is 9.18 Å². The molecule has 0 unspecified atom stereocenters. The molecule has 0 fully saturated rings. The lowest BCUT2D eigenvalue weighted by atomic mass is 10.2. The number of nitrogens with zero attached hydrogens (tertiary/aromatic N) is 1. The molecule has 1 aromatic heterocycles. The molecule has 0 spiro atoms. The molecule has 6 heteroatoms. The molecule has 1 rings (SSSR count). The van der Waals surface area contributed by atoms with Crippen LogP contribution in [0.15, 0.2) is 18.2 Å². The van der Waals surface area contributed by atoms with Crippen LogP contribution in [0.1, 0.15) is 20.8 Å². The first-order valence-electron chi connectivity index (χ1n) is 5.59. The van der Waals surface area contributed by atoms with Crippen LogP contribution in [0, 0.1) is 5.95 Å². The van der Waals surface area contributed by atoms with Crippen molar-refractivity contribution in [3.05, 3.63) is 24.1 Å². The van der Waals surface area contributed by atoms with Crippen LogP contribution in [0.25, 0.3) is 0 Å². The zero-order chi connectivity index (χ0) is 13.6. The first kappa shape index (κ1) is 14.2. The van der Waals surface area contributed by atoms with Crippen LogP contribution in [-0.4, -0.2) is 29.8 Å². The van der Waals surface area contributed by atoms with Gasteiger partial charge in [0.1, 0.15) is 12.2 Å². The minimum Gasteiger partial charge on any atom is -0.476 e. The summed E-state index contributed by atoms with van der Waals surface area (Å²) < 4.78 is 22.9. The van der Waals surface area contributed by atoms with Gasteiger partial charge in [0, 0.05) is 6.07 Å². The Kier molecular flexibility index (Phi) is 4.88. The van der Waals surface area contributed by atoms with Crippen molar-refractivity contribution in [2.75, 3.05) is 13.2 Å². The summed E-state index contributed by atoms with van der Waals surface area (Å²) in [5.74, 6) is -0.423. The Labute approximate surface area is 105 Å². The van der Waals surface area contributed by atoms with Crippen LogP contribution in [0.3, 0.4) is 0 Å². The van der Waals surface area contributed by atoms with E-state index >= 15 is 0 Å². The average Bonchev–Trinajstić information content (AvgIpc) is 2.22. The first-order valence-corrected chi connectivity index (χ1v) is 5.59. The minimum absolute atomic E-state index is 0.181. The standard InChI is InChI=1S/C12H17FN2O3/c1-12(2,3)18-11(16)14-7-8-17-10-6-4-5-9(13)15-10/h4-6H,7-8H2,1-3H3,(H,14,16). The molecule has 0 bridgehead atoms. The highest BCUT2D eigenvalue weighted by Gasteiger charge is 2.15. The highest BCUT2D eigenvalue weighted by Crippen LogP contribution is 2.07. The van der Waals surface area contributed by atoms with Crippen molar-refractivity contribution >= 4 is 6.09 Å². The number of rotatable bonds is 4. The molecule has 0 aliphatic carbocycles. The predicted octanol–water partition coefficient (Wildman–Crippen LogP) is 2.12. The Hall–Kier alpha value is -1.85. The van der Waals surface area contributed by atoms with Gasteiger partial charge in [-0.3, -0.25) is 0 Å². The van der Waals surface area contributed by atoms with Crippen molar-refractivity contribution in [3.8, 4) is 5.88 Å². The molecule has 0 aliphatic heterocycles. The highest BCUT2D eigenvalue weighted by molar-refractivity contribution is 5.67. The number of pyridine rings is 1. The third-order valence-electron chi connectivity index (χ3n) is 1.71. The second kappa shape index (κ2) is 6.18. The van der Waals surface area contributed by atoms with Gasteiger partial charge in [-0.2, -0.15) is 9.37 Å². The first-order chi connectivity index (χ1) is 8.37. The Morgan fingerprint density at radius 1 is 1.44 bits per heavy atom. The number of hydrogen-bond acceptors (Lipinski definition) is 4. The lowest BCUT2D eigenvalue weighted by molar-refractivity contribution is 0.0519. The Bertz CT molecular complexity index is 405. The zero-order valence-electron chi connectivity index (χ0n) is 10.7. The maximum atomic E-state index is 12.7. The SMILES string of the molecule is CC(C)(C)OC(=O)NCCOc1cccc(F)n1. The van der Waals surface area contributed by atoms with Gasteiger partial charge in [-0.15, -0.1) is 0 Å². The van der Waals surface area contributed by atoms with Gasteiger partial charge in [0.05, 0.1) is 6.54 Å². The molecular weight excluding hydrogens is 239 g/mol. The summed E-state index contributed by atoms with van der Waals surface area (Å²) >= 11 is 0. The molecule has 0 atom stereocenters. The number of hydrogen-bond donors (Lipinski definition) is 1. The third kappa shape index (κ3) is 6.03. The Morgan fingerprint density at radius 3 is 2.78 bits per heavy atom. The molecule has 18 heavy (non-hydrogen) atoms. The summed E-state index contributed by atoms with van der Waals surface area (Å²) in [6.07, 6.45) is -0.515. The normalized spacial score (nSPS) is 10.9. The van der Waals surface area contributed by atoms with E-state index in [1.54, 1.807) is 20.8 Å². The topological polar surface area (TPSA) is 60.5 Å². The molecule has 0 radical (unpaired) electrons. The number of amides is 1. The van der Waals surface area contributed by atoms with Crippen LogP contribution < -0.4 is 10.1 Å². The van der Waals surface area contributed by atoms with E-state index in [4.69, 9.17) is 9.47 Å². The lowest BCUT2D eigenvalue weighted by Gasteiger charge is -2.19. The largest absolute Gasteiger partial charge is 0.476 e. The molecule has 0 saturated heterocycles. The van der Waals surface area contributed by atoms with Crippen LogP contribution >= 0.6 is 0 Å². The van der Waals surface area contributed by atoms with E-state index in [0.717, 1.165) is 0 Å². The number of nitrogens with one attached hydrogen (secondary N) is 1. The fraction of sp³-hybridized carbons (Fsp3) is 0.500. The number of carbonyl (C=O) groups is 1. The van der Waals surface area contributed by atoms with Gasteiger partial charge in [0.15, 0.2) is 0 Å². The molecule has 0 aromatic carbocycles. The summed E-state index contributed by atoms with van der Waals surface area (Å²) in [6.45, 7) is 5.78. The smallest absolute Gasteiger partial charge is 0.407 e. The average molecular weight is 256 g/mol. The number of halogens is 1. The van der Waals surface area contributed by atoms with Crippen molar-refractivity contribution in [3.63, 3.8) is 0 Å². The zero-order valence-corrected chi connectivity index (χ0v) is 10.7. The van der Waals surface area contributed by atoms with E-state index in [1.807, 2.05) is 0 Å². The van der Waals surface area contributed by atoms with Gasteiger partial charge in [-0.05, 0) is 26.8 Å². The number of carbonyl (C=O) groups excluding carboxylic acids is 1. The third-order valence-corrected chi connectivity index (χ3v) is 1.71. The second-order valence-electron chi connectivity index (χ2n) is 4.58. The van der Waals surface area contributed by atoms with Crippen molar-refractivity contribution in [1.82, 2.24) is 10.3 Å². The number of ether oxygens (including phenoxy) is 2. The number of aromatic nitrogens is 1. The van der Waals surface area contributed by atoms with Crippen molar-refractivity contribution in [2.24, 2.45) is 0 Å².